The van der Waals surface area contributed by atoms with E-state index in [1.807, 2.05) is 18.2 Å². The quantitative estimate of drug-likeness (QED) is 0.885. The summed E-state index contributed by atoms with van der Waals surface area (Å²) < 4.78 is 16.4. The van der Waals surface area contributed by atoms with E-state index in [1.165, 1.54) is 0 Å². The maximum Gasteiger partial charge on any atom is 0.128 e. The predicted molar refractivity (Wildman–Crippen MR) is 76.4 cm³/mol. The van der Waals surface area contributed by atoms with Crippen LogP contribution in [0.4, 0.5) is 0 Å². The van der Waals surface area contributed by atoms with Crippen LogP contribution in [-0.4, -0.2) is 56.6 Å². The third-order valence-corrected chi connectivity index (χ3v) is 3.74. The molecule has 0 amide bonds. The Kier molecular flexibility index (Phi) is 5.23. The summed E-state index contributed by atoms with van der Waals surface area (Å²) in [6.45, 7) is 5.31. The zero-order chi connectivity index (χ0) is 14.5. The molecular formula is C15H23NO4. The zero-order valence-corrected chi connectivity index (χ0v) is 12.3. The van der Waals surface area contributed by atoms with E-state index in [4.69, 9.17) is 14.2 Å². The number of aliphatic hydroxyl groups excluding tert-OH is 1. The van der Waals surface area contributed by atoms with Crippen molar-refractivity contribution in [1.29, 1.82) is 0 Å². The second kappa shape index (κ2) is 6.92. The molecule has 1 N–H and O–H groups in total. The molecule has 1 heterocycles. The van der Waals surface area contributed by atoms with Crippen LogP contribution in [0.3, 0.4) is 0 Å². The zero-order valence-electron chi connectivity index (χ0n) is 12.3. The lowest BCUT2D eigenvalue weighted by atomic mass is 10.0. The normalized spacial score (nSPS) is 21.5. The number of morpholine rings is 1. The van der Waals surface area contributed by atoms with Crippen molar-refractivity contribution >= 4 is 0 Å². The van der Waals surface area contributed by atoms with Crippen molar-refractivity contribution in [3.63, 3.8) is 0 Å². The van der Waals surface area contributed by atoms with E-state index in [0.717, 1.165) is 13.1 Å². The largest absolute Gasteiger partial charge is 0.496 e. The second-order valence-corrected chi connectivity index (χ2v) is 4.82. The van der Waals surface area contributed by atoms with Gasteiger partial charge < -0.3 is 19.3 Å². The highest BCUT2D eigenvalue weighted by atomic mass is 16.5. The highest BCUT2D eigenvalue weighted by molar-refractivity contribution is 5.46. The molecule has 2 unspecified atom stereocenters. The van der Waals surface area contributed by atoms with Gasteiger partial charge in [0.2, 0.25) is 0 Å². The van der Waals surface area contributed by atoms with E-state index in [9.17, 15) is 5.11 Å². The lowest BCUT2D eigenvalue weighted by Crippen LogP contribution is -2.44. The molecule has 2 atom stereocenters. The third kappa shape index (κ3) is 3.06. The molecule has 20 heavy (non-hydrogen) atoms. The molecule has 0 saturated carbocycles. The fraction of sp³-hybridized carbons (Fsp3) is 0.600. The number of aliphatic hydroxyl groups is 1. The molecule has 0 aromatic heterocycles. The maximum absolute atomic E-state index is 10.7. The highest BCUT2D eigenvalue weighted by Gasteiger charge is 2.31. The molecule has 1 aromatic carbocycles. The molecule has 5 heteroatoms. The summed E-state index contributed by atoms with van der Waals surface area (Å²) in [7, 11) is 3.18. The first kappa shape index (κ1) is 15.1. The van der Waals surface area contributed by atoms with Crippen LogP contribution in [0.1, 0.15) is 18.6 Å². The number of methoxy groups -OCH3 is 2. The number of likely N-dealkylation sites (N-methyl/N-ethyl adjacent to an activating group) is 1. The molecule has 0 bridgehead atoms. The van der Waals surface area contributed by atoms with E-state index in [2.05, 4.69) is 11.8 Å². The Hall–Kier alpha value is -1.30. The van der Waals surface area contributed by atoms with E-state index >= 15 is 0 Å². The van der Waals surface area contributed by atoms with Crippen LogP contribution in [0.25, 0.3) is 0 Å². The van der Waals surface area contributed by atoms with Crippen LogP contribution in [0.5, 0.6) is 11.5 Å². The van der Waals surface area contributed by atoms with Crippen LogP contribution in [-0.2, 0) is 4.74 Å². The fourth-order valence-electron chi connectivity index (χ4n) is 2.57. The van der Waals surface area contributed by atoms with Gasteiger partial charge in [0.15, 0.2) is 0 Å². The summed E-state index contributed by atoms with van der Waals surface area (Å²) in [6, 6.07) is 5.48. The van der Waals surface area contributed by atoms with Gasteiger partial charge in [-0.1, -0.05) is 13.0 Å². The molecule has 1 aromatic rings. The Bertz CT molecular complexity index is 416. The fourth-order valence-corrected chi connectivity index (χ4v) is 2.57. The van der Waals surface area contributed by atoms with Crippen molar-refractivity contribution < 1.29 is 19.3 Å². The first-order valence-electron chi connectivity index (χ1n) is 6.94. The number of rotatable bonds is 5. The monoisotopic (exact) mass is 281 g/mol. The van der Waals surface area contributed by atoms with Crippen molar-refractivity contribution in [2.24, 2.45) is 0 Å². The smallest absolute Gasteiger partial charge is 0.128 e. The number of hydrogen-bond donors (Lipinski definition) is 1. The van der Waals surface area contributed by atoms with Gasteiger partial charge in [-0.2, -0.15) is 0 Å². The first-order chi connectivity index (χ1) is 9.71. The van der Waals surface area contributed by atoms with Crippen molar-refractivity contribution in [1.82, 2.24) is 4.90 Å². The molecular weight excluding hydrogens is 258 g/mol. The Morgan fingerprint density at radius 2 is 2.00 bits per heavy atom. The minimum Gasteiger partial charge on any atom is -0.496 e. The molecule has 5 nitrogen and oxygen atoms in total. The molecule has 2 rings (SSSR count). The second-order valence-electron chi connectivity index (χ2n) is 4.82. The average Bonchev–Trinajstić information content (AvgIpc) is 2.53. The minimum absolute atomic E-state index is 0.270. The number of ether oxygens (including phenoxy) is 3. The van der Waals surface area contributed by atoms with Crippen LogP contribution in [0.2, 0.25) is 0 Å². The van der Waals surface area contributed by atoms with Crippen molar-refractivity contribution in [2.45, 2.75) is 19.1 Å². The van der Waals surface area contributed by atoms with Crippen molar-refractivity contribution in [2.75, 3.05) is 40.5 Å². The van der Waals surface area contributed by atoms with E-state index in [-0.39, 0.29) is 6.10 Å². The van der Waals surface area contributed by atoms with Crippen molar-refractivity contribution in [3.8, 4) is 11.5 Å². The van der Waals surface area contributed by atoms with E-state index < -0.39 is 6.10 Å². The van der Waals surface area contributed by atoms with Gasteiger partial charge in [0.05, 0.1) is 26.4 Å². The van der Waals surface area contributed by atoms with Gasteiger partial charge in [0, 0.05) is 13.1 Å². The molecule has 0 spiro atoms. The van der Waals surface area contributed by atoms with Gasteiger partial charge >= 0.3 is 0 Å². The Labute approximate surface area is 120 Å². The minimum atomic E-state index is -0.768. The summed E-state index contributed by atoms with van der Waals surface area (Å²) in [5, 5.41) is 10.7. The van der Waals surface area contributed by atoms with Crippen LogP contribution in [0, 0.1) is 0 Å². The van der Waals surface area contributed by atoms with Gasteiger partial charge in [-0.25, -0.2) is 0 Å². The highest BCUT2D eigenvalue weighted by Crippen LogP contribution is 2.36. The van der Waals surface area contributed by atoms with Crippen LogP contribution in [0.15, 0.2) is 18.2 Å². The van der Waals surface area contributed by atoms with Crippen LogP contribution >= 0.6 is 0 Å². The molecule has 112 valence electrons. The predicted octanol–water partition coefficient (Wildman–Crippen LogP) is 1.46. The lowest BCUT2D eigenvalue weighted by Gasteiger charge is -2.35. The Morgan fingerprint density at radius 3 is 2.55 bits per heavy atom. The topological polar surface area (TPSA) is 51.2 Å². The van der Waals surface area contributed by atoms with Gasteiger partial charge in [-0.15, -0.1) is 0 Å². The number of nitrogens with zero attached hydrogens (tertiary/aromatic N) is 1. The molecule has 1 aliphatic heterocycles. The van der Waals surface area contributed by atoms with Crippen LogP contribution < -0.4 is 9.47 Å². The third-order valence-electron chi connectivity index (χ3n) is 3.74. The Balaban J connectivity index is 2.25. The molecule has 1 fully saturated rings. The lowest BCUT2D eigenvalue weighted by molar-refractivity contribution is -0.0898. The standard InChI is InChI=1S/C15H23NO4/c1-4-16-8-9-20-13(10-16)15(17)14-11(18-2)6-5-7-12(14)19-3/h5-7,13,15,17H,4,8-10H2,1-3H3. The summed E-state index contributed by atoms with van der Waals surface area (Å²) >= 11 is 0. The summed E-state index contributed by atoms with van der Waals surface area (Å²) in [4.78, 5) is 2.26. The van der Waals surface area contributed by atoms with Gasteiger partial charge in [0.25, 0.3) is 0 Å². The van der Waals surface area contributed by atoms with Gasteiger partial charge in [-0.3, -0.25) is 4.90 Å². The van der Waals surface area contributed by atoms with Crippen molar-refractivity contribution in [3.05, 3.63) is 23.8 Å². The first-order valence-corrected chi connectivity index (χ1v) is 6.94. The Morgan fingerprint density at radius 1 is 1.35 bits per heavy atom. The molecule has 1 saturated heterocycles. The molecule has 0 radical (unpaired) electrons. The summed E-state index contributed by atoms with van der Waals surface area (Å²) in [5.41, 5.74) is 0.653. The maximum atomic E-state index is 10.7. The number of hydrogen-bond acceptors (Lipinski definition) is 5. The van der Waals surface area contributed by atoms with E-state index in [0.29, 0.717) is 30.2 Å². The molecule has 1 aliphatic rings. The van der Waals surface area contributed by atoms with Gasteiger partial charge in [-0.05, 0) is 18.7 Å². The summed E-state index contributed by atoms with van der Waals surface area (Å²) in [5.74, 6) is 1.24. The SMILES string of the molecule is CCN1CCOC(C(O)c2c(OC)cccc2OC)C1. The summed E-state index contributed by atoms with van der Waals surface area (Å²) in [6.07, 6.45) is -1.04. The van der Waals surface area contributed by atoms with Gasteiger partial charge in [0.1, 0.15) is 23.7 Å². The molecule has 0 aliphatic carbocycles. The van der Waals surface area contributed by atoms with E-state index in [1.54, 1.807) is 14.2 Å². The average molecular weight is 281 g/mol. The number of benzene rings is 1.